The van der Waals surface area contributed by atoms with Crippen LogP contribution in [0.25, 0.3) is 0 Å². The summed E-state index contributed by atoms with van der Waals surface area (Å²) >= 11 is 1.80. The van der Waals surface area contributed by atoms with Gasteiger partial charge in [0.25, 0.3) is 0 Å². The van der Waals surface area contributed by atoms with Gasteiger partial charge in [-0.15, -0.1) is 11.8 Å². The molecule has 0 saturated carbocycles. The Bertz CT molecular complexity index is 530. The second-order valence-electron chi connectivity index (χ2n) is 7.29. The summed E-state index contributed by atoms with van der Waals surface area (Å²) < 4.78 is 0.157. The maximum atomic E-state index is 12.2. The molecule has 0 saturated heterocycles. The van der Waals surface area contributed by atoms with E-state index in [2.05, 4.69) is 32.2 Å². The van der Waals surface area contributed by atoms with Crippen LogP contribution in [0, 0.1) is 6.92 Å². The first kappa shape index (κ1) is 18.8. The summed E-state index contributed by atoms with van der Waals surface area (Å²) in [5, 5.41) is 12.7. The van der Waals surface area contributed by atoms with Crippen molar-refractivity contribution >= 4 is 23.5 Å². The van der Waals surface area contributed by atoms with Crippen LogP contribution in [0.4, 0.5) is 10.5 Å². The topological polar surface area (TPSA) is 52.6 Å². The van der Waals surface area contributed by atoms with Gasteiger partial charge in [-0.1, -0.05) is 20.8 Å². The fourth-order valence-corrected chi connectivity index (χ4v) is 3.14. The van der Waals surface area contributed by atoms with Gasteiger partial charge in [0.1, 0.15) is 0 Å². The van der Waals surface area contributed by atoms with Crippen LogP contribution in [0.5, 0.6) is 0 Å². The summed E-state index contributed by atoms with van der Waals surface area (Å²) in [6.07, 6.45) is 0. The maximum Gasteiger partial charge on any atom is 0.321 e. The lowest BCUT2D eigenvalue weighted by atomic mass is 10.1. The molecule has 124 valence electrons. The Kier molecular flexibility index (Phi) is 5.93. The Labute approximate surface area is 138 Å². The number of carbonyl (C=O) groups excluding carboxylic acids is 1. The number of amides is 2. The minimum atomic E-state index is -0.908. The Morgan fingerprint density at radius 2 is 1.86 bits per heavy atom. The molecule has 0 aromatic heterocycles. The van der Waals surface area contributed by atoms with Crippen molar-refractivity contribution < 1.29 is 9.90 Å². The molecule has 1 aromatic rings. The summed E-state index contributed by atoms with van der Waals surface area (Å²) in [6.45, 7) is 12.1. The van der Waals surface area contributed by atoms with Crippen LogP contribution in [0.1, 0.15) is 40.2 Å². The number of nitrogens with one attached hydrogen (secondary N) is 1. The second kappa shape index (κ2) is 6.92. The van der Waals surface area contributed by atoms with E-state index in [1.165, 1.54) is 9.80 Å². The zero-order valence-corrected chi connectivity index (χ0v) is 15.5. The van der Waals surface area contributed by atoms with Gasteiger partial charge in [-0.05, 0) is 44.5 Å². The Balaban J connectivity index is 2.76. The minimum Gasteiger partial charge on any atom is -0.389 e. The number of aryl methyl sites for hydroxylation is 1. The lowest BCUT2D eigenvalue weighted by Crippen LogP contribution is -2.41. The number of aliphatic hydroxyl groups is 1. The molecule has 0 unspecified atom stereocenters. The van der Waals surface area contributed by atoms with Gasteiger partial charge in [0, 0.05) is 22.4 Å². The highest BCUT2D eigenvalue weighted by molar-refractivity contribution is 8.00. The normalized spacial score (nSPS) is 12.2. The van der Waals surface area contributed by atoms with Crippen molar-refractivity contribution in [1.82, 2.24) is 4.90 Å². The van der Waals surface area contributed by atoms with E-state index in [-0.39, 0.29) is 17.3 Å². The fourth-order valence-electron chi connectivity index (χ4n) is 2.06. The summed E-state index contributed by atoms with van der Waals surface area (Å²) in [6, 6.07) is 5.82. The number of likely N-dealkylation sites (N-methyl/N-ethyl adjacent to an activating group) is 1. The smallest absolute Gasteiger partial charge is 0.321 e. The van der Waals surface area contributed by atoms with Crippen molar-refractivity contribution in [3.63, 3.8) is 0 Å². The Morgan fingerprint density at radius 3 is 2.32 bits per heavy atom. The monoisotopic (exact) mass is 324 g/mol. The molecule has 0 atom stereocenters. The molecule has 5 heteroatoms. The van der Waals surface area contributed by atoms with Gasteiger partial charge in [0.05, 0.1) is 12.1 Å². The van der Waals surface area contributed by atoms with E-state index in [0.717, 1.165) is 11.3 Å². The summed E-state index contributed by atoms with van der Waals surface area (Å²) in [5.74, 6) is 0. The first-order valence-corrected chi connectivity index (χ1v) is 8.23. The van der Waals surface area contributed by atoms with Crippen molar-refractivity contribution in [2.24, 2.45) is 0 Å². The molecule has 4 nitrogen and oxygen atoms in total. The number of hydrogen-bond acceptors (Lipinski definition) is 3. The first-order chi connectivity index (χ1) is 9.87. The zero-order chi connectivity index (χ0) is 17.1. The average molecular weight is 324 g/mol. The van der Waals surface area contributed by atoms with Crippen molar-refractivity contribution in [3.05, 3.63) is 23.8 Å². The molecule has 22 heavy (non-hydrogen) atoms. The largest absolute Gasteiger partial charge is 0.389 e. The highest BCUT2D eigenvalue weighted by atomic mass is 32.2. The second-order valence-corrected chi connectivity index (χ2v) is 9.19. The lowest BCUT2D eigenvalue weighted by molar-refractivity contribution is 0.0550. The van der Waals surface area contributed by atoms with Gasteiger partial charge in [-0.25, -0.2) is 4.79 Å². The third-order valence-electron chi connectivity index (χ3n) is 2.83. The highest BCUT2D eigenvalue weighted by Crippen LogP contribution is 2.33. The number of benzene rings is 1. The molecule has 2 amide bonds. The van der Waals surface area contributed by atoms with Gasteiger partial charge < -0.3 is 15.3 Å². The van der Waals surface area contributed by atoms with Crippen molar-refractivity contribution in [2.45, 2.75) is 56.8 Å². The SMILES string of the molecule is Cc1cc(SC(C)(C)C)ccc1NC(=O)N(C)CC(C)(C)O. The van der Waals surface area contributed by atoms with Gasteiger partial charge in [-0.3, -0.25) is 0 Å². The van der Waals surface area contributed by atoms with Crippen LogP contribution >= 0.6 is 11.8 Å². The van der Waals surface area contributed by atoms with E-state index in [1.54, 1.807) is 32.7 Å². The van der Waals surface area contributed by atoms with Crippen LogP contribution in [0.15, 0.2) is 23.1 Å². The first-order valence-electron chi connectivity index (χ1n) is 7.41. The van der Waals surface area contributed by atoms with Crippen molar-refractivity contribution in [1.29, 1.82) is 0 Å². The fraction of sp³-hybridized carbons (Fsp3) is 0.588. The minimum absolute atomic E-state index is 0.157. The van der Waals surface area contributed by atoms with Crippen LogP contribution in [-0.2, 0) is 0 Å². The number of rotatable bonds is 4. The van der Waals surface area contributed by atoms with E-state index >= 15 is 0 Å². The van der Waals surface area contributed by atoms with E-state index in [4.69, 9.17) is 0 Å². The molecule has 0 bridgehead atoms. The predicted octanol–water partition coefficient (Wildman–Crippen LogP) is 4.12. The molecule has 0 aliphatic heterocycles. The van der Waals surface area contributed by atoms with E-state index in [1.807, 2.05) is 19.1 Å². The third-order valence-corrected chi connectivity index (χ3v) is 3.94. The van der Waals surface area contributed by atoms with Crippen LogP contribution in [0.3, 0.4) is 0 Å². The van der Waals surface area contributed by atoms with Crippen LogP contribution < -0.4 is 5.32 Å². The molecule has 0 spiro atoms. The maximum absolute atomic E-state index is 12.2. The van der Waals surface area contributed by atoms with E-state index in [0.29, 0.717) is 0 Å². The predicted molar refractivity (Wildman–Crippen MR) is 94.7 cm³/mol. The molecule has 0 aliphatic carbocycles. The summed E-state index contributed by atoms with van der Waals surface area (Å²) in [5.41, 5.74) is 0.916. The summed E-state index contributed by atoms with van der Waals surface area (Å²) in [4.78, 5) is 14.8. The lowest BCUT2D eigenvalue weighted by Gasteiger charge is -2.26. The molecule has 0 fully saturated rings. The number of nitrogens with zero attached hydrogens (tertiary/aromatic N) is 1. The van der Waals surface area contributed by atoms with Gasteiger partial charge in [0.2, 0.25) is 0 Å². The van der Waals surface area contributed by atoms with Gasteiger partial charge in [-0.2, -0.15) is 0 Å². The number of hydrogen-bond donors (Lipinski definition) is 2. The molecular formula is C17H28N2O2S. The van der Waals surface area contributed by atoms with Gasteiger partial charge >= 0.3 is 6.03 Å². The Morgan fingerprint density at radius 1 is 1.27 bits per heavy atom. The number of anilines is 1. The van der Waals surface area contributed by atoms with Crippen molar-refractivity contribution in [3.8, 4) is 0 Å². The van der Waals surface area contributed by atoms with Gasteiger partial charge in [0.15, 0.2) is 0 Å². The van der Waals surface area contributed by atoms with E-state index in [9.17, 15) is 9.90 Å². The highest BCUT2D eigenvalue weighted by Gasteiger charge is 2.20. The number of thioether (sulfide) groups is 1. The molecule has 0 aliphatic rings. The quantitative estimate of drug-likeness (QED) is 0.819. The molecular weight excluding hydrogens is 296 g/mol. The summed E-state index contributed by atoms with van der Waals surface area (Å²) in [7, 11) is 1.67. The van der Waals surface area contributed by atoms with Crippen molar-refractivity contribution in [2.75, 3.05) is 18.9 Å². The number of carbonyl (C=O) groups is 1. The standard InChI is InChI=1S/C17H28N2O2S/c1-12-10-13(22-16(2,3)4)8-9-14(12)18-15(20)19(7)11-17(5,6)21/h8-10,21H,11H2,1-7H3,(H,18,20). The Hall–Kier alpha value is -1.20. The third kappa shape index (κ3) is 6.71. The van der Waals surface area contributed by atoms with Crippen LogP contribution in [0.2, 0.25) is 0 Å². The molecule has 0 radical (unpaired) electrons. The molecule has 1 aromatic carbocycles. The zero-order valence-electron chi connectivity index (χ0n) is 14.7. The molecule has 2 N–H and O–H groups in total. The van der Waals surface area contributed by atoms with Crippen LogP contribution in [-0.4, -0.2) is 40.0 Å². The average Bonchev–Trinajstić information content (AvgIpc) is 2.28. The van der Waals surface area contributed by atoms with E-state index < -0.39 is 5.60 Å². The molecule has 0 heterocycles. The number of urea groups is 1. The molecule has 1 rings (SSSR count).